The first-order chi connectivity index (χ1) is 10.8. The van der Waals surface area contributed by atoms with E-state index >= 15 is 0 Å². The molecule has 0 N–H and O–H groups in total. The van der Waals surface area contributed by atoms with Crippen molar-refractivity contribution < 1.29 is 13.2 Å². The number of alkyl halides is 3. The van der Waals surface area contributed by atoms with Gasteiger partial charge < -0.3 is 4.90 Å². The van der Waals surface area contributed by atoms with E-state index < -0.39 is 12.0 Å². The molecule has 0 aliphatic rings. The van der Waals surface area contributed by atoms with Crippen LogP contribution in [0.15, 0.2) is 17.6 Å². The minimum absolute atomic E-state index is 0.0616. The van der Waals surface area contributed by atoms with Gasteiger partial charge in [0.25, 0.3) is 11.6 Å². The highest BCUT2D eigenvalue weighted by atomic mass is 32.1. The highest BCUT2D eigenvalue weighted by Gasteiger charge is 2.37. The van der Waals surface area contributed by atoms with Crippen molar-refractivity contribution in [2.24, 2.45) is 0 Å². The second kappa shape index (κ2) is 5.76. The summed E-state index contributed by atoms with van der Waals surface area (Å²) in [5, 5.41) is 6.41. The number of halogens is 3. The van der Waals surface area contributed by atoms with Crippen molar-refractivity contribution >= 4 is 22.9 Å². The maximum absolute atomic E-state index is 12.8. The Hall–Kier alpha value is -2.23. The van der Waals surface area contributed by atoms with Gasteiger partial charge in [-0.15, -0.1) is 16.4 Å². The van der Waals surface area contributed by atoms with Crippen LogP contribution in [-0.4, -0.2) is 38.2 Å². The van der Waals surface area contributed by atoms with E-state index in [1.165, 1.54) is 0 Å². The summed E-state index contributed by atoms with van der Waals surface area (Å²) < 4.78 is 39.5. The Balaban J connectivity index is 1.93. The maximum atomic E-state index is 12.8. The van der Waals surface area contributed by atoms with Gasteiger partial charge in [-0.05, 0) is 6.92 Å². The average molecular weight is 342 g/mol. The Morgan fingerprint density at radius 3 is 2.74 bits per heavy atom. The van der Waals surface area contributed by atoms with Crippen molar-refractivity contribution in [2.75, 3.05) is 18.5 Å². The van der Waals surface area contributed by atoms with Gasteiger partial charge in [-0.2, -0.15) is 22.7 Å². The van der Waals surface area contributed by atoms with Gasteiger partial charge in [-0.3, -0.25) is 0 Å². The molecule has 3 heterocycles. The molecular formula is C13H13F3N6S. The minimum Gasteiger partial charge on any atom is -0.359 e. The van der Waals surface area contributed by atoms with Gasteiger partial charge in [0.1, 0.15) is 5.82 Å². The van der Waals surface area contributed by atoms with E-state index in [0.29, 0.717) is 24.5 Å². The lowest BCUT2D eigenvalue weighted by Crippen LogP contribution is -2.23. The van der Waals surface area contributed by atoms with Crippen LogP contribution in [0.1, 0.15) is 16.5 Å². The fraction of sp³-hybridized carbons (Fsp3) is 0.385. The molecule has 23 heavy (non-hydrogen) atoms. The van der Waals surface area contributed by atoms with Crippen LogP contribution >= 0.6 is 11.3 Å². The first-order valence-electron chi connectivity index (χ1n) is 6.76. The Kier molecular flexibility index (Phi) is 3.92. The van der Waals surface area contributed by atoms with Crippen LogP contribution in [0.3, 0.4) is 0 Å². The molecule has 6 nitrogen and oxygen atoms in total. The SMILES string of the molecule is Cc1cc(N(C)CCc2nccs2)n2nc(C(F)(F)F)nc2n1. The van der Waals surface area contributed by atoms with Crippen molar-refractivity contribution in [3.8, 4) is 0 Å². The van der Waals surface area contributed by atoms with Crippen molar-refractivity contribution in [1.82, 2.24) is 24.6 Å². The maximum Gasteiger partial charge on any atom is 0.453 e. The molecule has 0 saturated heterocycles. The lowest BCUT2D eigenvalue weighted by atomic mass is 10.3. The quantitative estimate of drug-likeness (QED) is 0.729. The van der Waals surface area contributed by atoms with Gasteiger partial charge in [-0.25, -0.2) is 9.97 Å². The number of aromatic nitrogens is 5. The molecule has 0 radical (unpaired) electrons. The predicted molar refractivity (Wildman–Crippen MR) is 79.6 cm³/mol. The molecule has 0 bridgehead atoms. The number of hydrogen-bond acceptors (Lipinski definition) is 6. The Morgan fingerprint density at radius 2 is 2.09 bits per heavy atom. The van der Waals surface area contributed by atoms with Crippen molar-refractivity contribution in [3.05, 3.63) is 34.2 Å². The first-order valence-corrected chi connectivity index (χ1v) is 7.63. The van der Waals surface area contributed by atoms with Crippen LogP contribution < -0.4 is 4.90 Å². The number of hydrogen-bond donors (Lipinski definition) is 0. The monoisotopic (exact) mass is 342 g/mol. The molecule has 0 unspecified atom stereocenters. The summed E-state index contributed by atoms with van der Waals surface area (Å²) in [4.78, 5) is 13.5. The van der Waals surface area contributed by atoms with E-state index in [9.17, 15) is 13.2 Å². The molecule has 0 aromatic carbocycles. The summed E-state index contributed by atoms with van der Waals surface area (Å²) in [6, 6.07) is 1.68. The highest BCUT2D eigenvalue weighted by Crippen LogP contribution is 2.27. The summed E-state index contributed by atoms with van der Waals surface area (Å²) in [5.74, 6) is -0.745. The Labute approximate surface area is 133 Å². The van der Waals surface area contributed by atoms with Crippen LogP contribution in [0.5, 0.6) is 0 Å². The lowest BCUT2D eigenvalue weighted by Gasteiger charge is -2.19. The van der Waals surface area contributed by atoms with E-state index in [0.717, 1.165) is 9.52 Å². The largest absolute Gasteiger partial charge is 0.453 e. The molecule has 0 atom stereocenters. The van der Waals surface area contributed by atoms with Gasteiger partial charge in [0.15, 0.2) is 0 Å². The average Bonchev–Trinajstić information content (AvgIpc) is 3.11. The number of fused-ring (bicyclic) bond motifs is 1. The fourth-order valence-electron chi connectivity index (χ4n) is 2.11. The van der Waals surface area contributed by atoms with Crippen LogP contribution in [0.4, 0.5) is 19.0 Å². The number of anilines is 1. The number of nitrogens with zero attached hydrogens (tertiary/aromatic N) is 6. The number of likely N-dealkylation sites (N-methyl/N-ethyl adjacent to an activating group) is 1. The van der Waals surface area contributed by atoms with Gasteiger partial charge in [0.2, 0.25) is 0 Å². The zero-order chi connectivity index (χ0) is 16.6. The van der Waals surface area contributed by atoms with Crippen LogP contribution in [-0.2, 0) is 12.6 Å². The molecular weight excluding hydrogens is 329 g/mol. The topological polar surface area (TPSA) is 59.2 Å². The van der Waals surface area contributed by atoms with Gasteiger partial charge >= 0.3 is 6.18 Å². The Morgan fingerprint density at radius 1 is 1.30 bits per heavy atom. The second-order valence-electron chi connectivity index (χ2n) is 5.00. The van der Waals surface area contributed by atoms with Crippen LogP contribution in [0.2, 0.25) is 0 Å². The Bertz CT molecular complexity index is 811. The summed E-state index contributed by atoms with van der Waals surface area (Å²) >= 11 is 1.54. The van der Waals surface area contributed by atoms with E-state index in [2.05, 4.69) is 20.1 Å². The summed E-state index contributed by atoms with van der Waals surface area (Å²) in [7, 11) is 1.79. The third kappa shape index (κ3) is 3.26. The molecule has 122 valence electrons. The molecule has 0 spiro atoms. The van der Waals surface area contributed by atoms with Gasteiger partial charge in [-0.1, -0.05) is 0 Å². The third-order valence-corrected chi connectivity index (χ3v) is 4.05. The zero-order valence-corrected chi connectivity index (χ0v) is 13.2. The molecule has 0 amide bonds. The van der Waals surface area contributed by atoms with Crippen molar-refractivity contribution in [3.63, 3.8) is 0 Å². The van der Waals surface area contributed by atoms with Crippen molar-refractivity contribution in [1.29, 1.82) is 0 Å². The summed E-state index contributed by atoms with van der Waals surface area (Å²) in [6.45, 7) is 2.30. The second-order valence-corrected chi connectivity index (χ2v) is 5.98. The number of rotatable bonds is 4. The van der Waals surface area contributed by atoms with E-state index in [4.69, 9.17) is 0 Å². The van der Waals surface area contributed by atoms with E-state index in [-0.39, 0.29) is 5.78 Å². The van der Waals surface area contributed by atoms with E-state index in [1.54, 1.807) is 37.6 Å². The highest BCUT2D eigenvalue weighted by molar-refractivity contribution is 7.09. The molecule has 10 heteroatoms. The summed E-state index contributed by atoms with van der Waals surface area (Å²) in [6.07, 6.45) is -2.18. The van der Waals surface area contributed by atoms with Gasteiger partial charge in [0, 0.05) is 43.4 Å². The smallest absolute Gasteiger partial charge is 0.359 e. The first kappa shape index (κ1) is 15.7. The molecule has 0 aliphatic carbocycles. The molecule has 0 aliphatic heterocycles. The number of thiazole rings is 1. The van der Waals surface area contributed by atoms with Gasteiger partial charge in [0.05, 0.1) is 5.01 Å². The third-order valence-electron chi connectivity index (χ3n) is 3.21. The zero-order valence-electron chi connectivity index (χ0n) is 12.4. The minimum atomic E-state index is -4.60. The fourth-order valence-corrected chi connectivity index (χ4v) is 2.72. The molecule has 3 aromatic heterocycles. The van der Waals surface area contributed by atoms with Crippen LogP contribution in [0, 0.1) is 6.92 Å². The molecule has 3 aromatic rings. The van der Waals surface area contributed by atoms with E-state index in [1.807, 2.05) is 10.3 Å². The molecule has 0 fully saturated rings. The standard InChI is InChI=1S/C13H13F3N6S/c1-8-7-10(21(2)5-3-9-17-4-6-23-9)22-12(18-8)19-11(20-22)13(14,15)16/h4,6-7H,3,5H2,1-2H3. The lowest BCUT2D eigenvalue weighted by molar-refractivity contribution is -0.144. The molecule has 3 rings (SSSR count). The number of aryl methyl sites for hydroxylation is 1. The van der Waals surface area contributed by atoms with Crippen LogP contribution in [0.25, 0.3) is 5.78 Å². The molecule has 0 saturated carbocycles. The summed E-state index contributed by atoms with van der Waals surface area (Å²) in [5.41, 5.74) is 0.578. The normalized spacial score (nSPS) is 12.0. The van der Waals surface area contributed by atoms with Crippen molar-refractivity contribution in [2.45, 2.75) is 19.5 Å². The predicted octanol–water partition coefficient (Wildman–Crippen LogP) is 2.59.